The van der Waals surface area contributed by atoms with Crippen molar-refractivity contribution in [3.8, 4) is 0 Å². The first-order chi connectivity index (χ1) is 11.9. The summed E-state index contributed by atoms with van der Waals surface area (Å²) in [4.78, 5) is 4.21. The average molecular weight is 361 g/mol. The summed E-state index contributed by atoms with van der Waals surface area (Å²) in [6.07, 6.45) is 1.35. The highest BCUT2D eigenvalue weighted by Gasteiger charge is 2.22. The number of aryl methyl sites for hydroxylation is 2. The summed E-state index contributed by atoms with van der Waals surface area (Å²) < 4.78 is 41.0. The van der Waals surface area contributed by atoms with Crippen molar-refractivity contribution in [1.29, 1.82) is 0 Å². The summed E-state index contributed by atoms with van der Waals surface area (Å²) in [7, 11) is -3.77. The highest BCUT2D eigenvalue weighted by Crippen LogP contribution is 2.22. The minimum Gasteiger partial charge on any atom is -0.338 e. The lowest BCUT2D eigenvalue weighted by Gasteiger charge is -2.10. The van der Waals surface area contributed by atoms with Crippen LogP contribution in [0.4, 0.5) is 21.6 Å². The van der Waals surface area contributed by atoms with E-state index in [0.29, 0.717) is 22.9 Å². The van der Waals surface area contributed by atoms with E-state index in [9.17, 15) is 12.8 Å². The Labute approximate surface area is 144 Å². The number of nitrogens with one attached hydrogen (secondary N) is 3. The number of halogens is 1. The molecule has 3 N–H and O–H groups in total. The molecule has 0 spiro atoms. The van der Waals surface area contributed by atoms with E-state index in [1.807, 2.05) is 0 Å². The summed E-state index contributed by atoms with van der Waals surface area (Å²) in [5.41, 5.74) is 1.42. The van der Waals surface area contributed by atoms with Crippen LogP contribution in [-0.2, 0) is 10.0 Å². The molecular formula is C16H16FN5O2S. The number of anilines is 3. The Balaban J connectivity index is 1.78. The Hall–Kier alpha value is -2.94. The van der Waals surface area contributed by atoms with Gasteiger partial charge in [0.2, 0.25) is 0 Å². The number of nitrogens with zero attached hydrogens (tertiary/aromatic N) is 2. The van der Waals surface area contributed by atoms with Crippen LogP contribution in [0.25, 0.3) is 0 Å². The molecule has 130 valence electrons. The van der Waals surface area contributed by atoms with Crippen LogP contribution in [0.1, 0.15) is 11.4 Å². The van der Waals surface area contributed by atoms with Gasteiger partial charge in [0.15, 0.2) is 0 Å². The van der Waals surface area contributed by atoms with Gasteiger partial charge >= 0.3 is 0 Å². The van der Waals surface area contributed by atoms with Crippen LogP contribution in [0.5, 0.6) is 0 Å². The SMILES string of the molecule is Cc1n[nH]c(C)c1S(=O)(=O)Nc1ccc(Nc2ccccc2F)nc1. The van der Waals surface area contributed by atoms with Gasteiger partial charge in [-0.2, -0.15) is 5.10 Å². The van der Waals surface area contributed by atoms with Crippen LogP contribution in [0.2, 0.25) is 0 Å². The van der Waals surface area contributed by atoms with Gasteiger partial charge in [-0.1, -0.05) is 12.1 Å². The zero-order chi connectivity index (χ0) is 18.0. The van der Waals surface area contributed by atoms with Crippen molar-refractivity contribution in [2.45, 2.75) is 18.7 Å². The maximum absolute atomic E-state index is 13.6. The molecule has 9 heteroatoms. The number of sulfonamides is 1. The fourth-order valence-electron chi connectivity index (χ4n) is 2.37. The summed E-state index contributed by atoms with van der Waals surface area (Å²) >= 11 is 0. The zero-order valence-electron chi connectivity index (χ0n) is 13.5. The predicted molar refractivity (Wildman–Crippen MR) is 92.8 cm³/mol. The molecule has 0 radical (unpaired) electrons. The van der Waals surface area contributed by atoms with Crippen LogP contribution >= 0.6 is 0 Å². The molecule has 0 aliphatic rings. The van der Waals surface area contributed by atoms with Crippen LogP contribution in [-0.4, -0.2) is 23.6 Å². The second-order valence-corrected chi connectivity index (χ2v) is 7.02. The lowest BCUT2D eigenvalue weighted by atomic mass is 10.3. The molecule has 0 saturated carbocycles. The van der Waals surface area contributed by atoms with Crippen molar-refractivity contribution in [2.75, 3.05) is 10.0 Å². The Morgan fingerprint density at radius 3 is 2.48 bits per heavy atom. The Morgan fingerprint density at radius 2 is 1.88 bits per heavy atom. The summed E-state index contributed by atoms with van der Waals surface area (Å²) in [6, 6.07) is 9.30. The fraction of sp³-hybridized carbons (Fsp3) is 0.125. The lowest BCUT2D eigenvalue weighted by molar-refractivity contribution is 0.600. The topological polar surface area (TPSA) is 99.8 Å². The largest absolute Gasteiger partial charge is 0.338 e. The molecular weight excluding hydrogens is 345 g/mol. The van der Waals surface area contributed by atoms with Gasteiger partial charge in [0, 0.05) is 0 Å². The normalized spacial score (nSPS) is 11.3. The monoisotopic (exact) mass is 361 g/mol. The number of benzene rings is 1. The Bertz CT molecular complexity index is 980. The predicted octanol–water partition coefficient (Wildman–Crippen LogP) is 3.11. The third-order valence-electron chi connectivity index (χ3n) is 3.48. The second-order valence-electron chi connectivity index (χ2n) is 5.41. The molecule has 25 heavy (non-hydrogen) atoms. The van der Waals surface area contributed by atoms with E-state index >= 15 is 0 Å². The number of aromatic nitrogens is 3. The number of aromatic amines is 1. The fourth-order valence-corrected chi connectivity index (χ4v) is 3.79. The standard InChI is InChI=1S/C16H16FN5O2S/c1-10-16(11(2)21-20-10)25(23,24)22-12-7-8-15(18-9-12)19-14-6-4-3-5-13(14)17/h3-9,22H,1-2H3,(H,18,19)(H,20,21). The molecule has 0 aliphatic carbocycles. The molecule has 2 aromatic heterocycles. The molecule has 2 heterocycles. The molecule has 0 amide bonds. The number of hydrogen-bond donors (Lipinski definition) is 3. The van der Waals surface area contributed by atoms with Gasteiger partial charge < -0.3 is 5.32 Å². The van der Waals surface area contributed by atoms with Gasteiger partial charge in [0.05, 0.1) is 29.0 Å². The number of para-hydroxylation sites is 1. The van der Waals surface area contributed by atoms with Crippen LogP contribution in [0, 0.1) is 19.7 Å². The van der Waals surface area contributed by atoms with Gasteiger partial charge in [-0.25, -0.2) is 17.8 Å². The molecule has 0 unspecified atom stereocenters. The molecule has 3 aromatic rings. The zero-order valence-corrected chi connectivity index (χ0v) is 14.4. The molecule has 1 aromatic carbocycles. The Morgan fingerprint density at radius 1 is 1.12 bits per heavy atom. The molecule has 3 rings (SSSR count). The number of H-pyrrole nitrogens is 1. The van der Waals surface area contributed by atoms with Gasteiger partial charge in [0.1, 0.15) is 16.5 Å². The van der Waals surface area contributed by atoms with E-state index in [1.165, 1.54) is 12.3 Å². The van der Waals surface area contributed by atoms with Crippen molar-refractivity contribution in [3.63, 3.8) is 0 Å². The number of hydrogen-bond acceptors (Lipinski definition) is 5. The van der Waals surface area contributed by atoms with Crippen LogP contribution in [0.15, 0.2) is 47.5 Å². The second kappa shape index (κ2) is 6.52. The minimum atomic E-state index is -3.77. The molecule has 0 saturated heterocycles. The molecule has 0 atom stereocenters. The summed E-state index contributed by atoms with van der Waals surface area (Å²) in [5.74, 6) is -0.0105. The minimum absolute atomic E-state index is 0.112. The van der Waals surface area contributed by atoms with Crippen LogP contribution < -0.4 is 10.0 Å². The molecule has 0 aliphatic heterocycles. The molecule has 7 nitrogen and oxygen atoms in total. The first kappa shape index (κ1) is 16.9. The van der Waals surface area contributed by atoms with Crippen molar-refractivity contribution >= 4 is 27.2 Å². The van der Waals surface area contributed by atoms with E-state index < -0.39 is 15.8 Å². The highest BCUT2D eigenvalue weighted by molar-refractivity contribution is 7.92. The van der Waals surface area contributed by atoms with E-state index in [4.69, 9.17) is 0 Å². The first-order valence-corrected chi connectivity index (χ1v) is 8.87. The van der Waals surface area contributed by atoms with Gasteiger partial charge in [-0.3, -0.25) is 9.82 Å². The van der Waals surface area contributed by atoms with E-state index in [-0.39, 0.29) is 10.6 Å². The summed E-state index contributed by atoms with van der Waals surface area (Å²) in [6.45, 7) is 3.24. The number of pyridine rings is 1. The van der Waals surface area contributed by atoms with Crippen molar-refractivity contribution < 1.29 is 12.8 Å². The van der Waals surface area contributed by atoms with Gasteiger partial charge in [-0.05, 0) is 38.1 Å². The van der Waals surface area contributed by atoms with Crippen molar-refractivity contribution in [1.82, 2.24) is 15.2 Å². The summed E-state index contributed by atoms with van der Waals surface area (Å²) in [5, 5.41) is 9.36. The van der Waals surface area contributed by atoms with Gasteiger partial charge in [-0.15, -0.1) is 0 Å². The van der Waals surface area contributed by atoms with E-state index in [1.54, 1.807) is 44.2 Å². The van der Waals surface area contributed by atoms with Crippen LogP contribution in [0.3, 0.4) is 0 Å². The van der Waals surface area contributed by atoms with Crippen molar-refractivity contribution in [3.05, 3.63) is 59.8 Å². The number of rotatable bonds is 5. The highest BCUT2D eigenvalue weighted by atomic mass is 32.2. The maximum atomic E-state index is 13.6. The first-order valence-electron chi connectivity index (χ1n) is 7.39. The van der Waals surface area contributed by atoms with Crippen molar-refractivity contribution in [2.24, 2.45) is 0 Å². The van der Waals surface area contributed by atoms with Gasteiger partial charge in [0.25, 0.3) is 10.0 Å². The quantitative estimate of drug-likeness (QED) is 0.648. The maximum Gasteiger partial charge on any atom is 0.265 e. The smallest absolute Gasteiger partial charge is 0.265 e. The third kappa shape index (κ3) is 3.61. The van der Waals surface area contributed by atoms with E-state index in [2.05, 4.69) is 25.2 Å². The Kier molecular flexibility index (Phi) is 4.41. The molecule has 0 bridgehead atoms. The average Bonchev–Trinajstić information content (AvgIpc) is 2.91. The third-order valence-corrected chi connectivity index (χ3v) is 5.13. The molecule has 0 fully saturated rings. The van der Waals surface area contributed by atoms with E-state index in [0.717, 1.165) is 0 Å². The lowest BCUT2D eigenvalue weighted by Crippen LogP contribution is -2.14.